The summed E-state index contributed by atoms with van der Waals surface area (Å²) in [6.07, 6.45) is 4.12. The monoisotopic (exact) mass is 258 g/mol. The third-order valence-corrected chi connectivity index (χ3v) is 2.47. The molecule has 18 heavy (non-hydrogen) atoms. The van der Waals surface area contributed by atoms with E-state index in [0.29, 0.717) is 16.5 Å². The van der Waals surface area contributed by atoms with E-state index in [1.165, 1.54) is 0 Å². The van der Waals surface area contributed by atoms with Gasteiger partial charge in [-0.3, -0.25) is 4.79 Å². The molecule has 0 aliphatic rings. The Kier molecular flexibility index (Phi) is 4.10. The van der Waals surface area contributed by atoms with E-state index in [1.54, 1.807) is 30.5 Å². The van der Waals surface area contributed by atoms with E-state index in [-0.39, 0.29) is 0 Å². The van der Waals surface area contributed by atoms with Crippen molar-refractivity contribution in [3.05, 3.63) is 64.9 Å². The molecule has 0 saturated carbocycles. The number of hydrogen-bond donors (Lipinski definition) is 1. The predicted octanol–water partition coefficient (Wildman–Crippen LogP) is 3.39. The zero-order chi connectivity index (χ0) is 12.8. The third kappa shape index (κ3) is 3.43. The van der Waals surface area contributed by atoms with Gasteiger partial charge in [-0.15, -0.1) is 0 Å². The highest BCUT2D eigenvalue weighted by Crippen LogP contribution is 2.14. The Labute approximate surface area is 110 Å². The molecule has 0 unspecified atom stereocenters. The summed E-state index contributed by atoms with van der Waals surface area (Å²) in [5, 5.41) is 3.57. The Morgan fingerprint density at radius 3 is 2.78 bits per heavy atom. The molecule has 1 aromatic carbocycles. The number of anilines is 1. The second kappa shape index (κ2) is 5.98. The van der Waals surface area contributed by atoms with E-state index >= 15 is 0 Å². The van der Waals surface area contributed by atoms with E-state index in [2.05, 4.69) is 10.3 Å². The number of benzene rings is 1. The third-order valence-electron chi connectivity index (χ3n) is 2.24. The highest BCUT2D eigenvalue weighted by atomic mass is 35.5. The van der Waals surface area contributed by atoms with Gasteiger partial charge in [-0.25, -0.2) is 4.98 Å². The van der Waals surface area contributed by atoms with Crippen molar-refractivity contribution in [2.24, 2.45) is 0 Å². The van der Waals surface area contributed by atoms with Crippen molar-refractivity contribution in [3.63, 3.8) is 0 Å². The fourth-order valence-electron chi connectivity index (χ4n) is 1.46. The van der Waals surface area contributed by atoms with Crippen LogP contribution in [-0.2, 0) is 4.79 Å². The minimum Gasteiger partial charge on any atom is -0.338 e. The summed E-state index contributed by atoms with van der Waals surface area (Å²) >= 11 is 5.88. The maximum atomic E-state index is 11.0. The number of hydrogen-bond acceptors (Lipinski definition) is 3. The van der Waals surface area contributed by atoms with Crippen LogP contribution in [0, 0.1) is 0 Å². The van der Waals surface area contributed by atoms with Crippen molar-refractivity contribution in [2.75, 3.05) is 5.32 Å². The van der Waals surface area contributed by atoms with Crippen molar-refractivity contribution >= 4 is 29.8 Å². The van der Waals surface area contributed by atoms with Gasteiger partial charge in [0.25, 0.3) is 0 Å². The van der Waals surface area contributed by atoms with Gasteiger partial charge in [0, 0.05) is 11.2 Å². The van der Waals surface area contributed by atoms with Gasteiger partial charge < -0.3 is 5.32 Å². The van der Waals surface area contributed by atoms with Crippen LogP contribution < -0.4 is 5.32 Å². The topological polar surface area (TPSA) is 42.0 Å². The summed E-state index contributed by atoms with van der Waals surface area (Å²) in [7, 11) is 0. The fourth-order valence-corrected chi connectivity index (χ4v) is 1.66. The van der Waals surface area contributed by atoms with Crippen LogP contribution in [0.3, 0.4) is 0 Å². The number of nitrogens with zero attached hydrogens (tertiary/aromatic N) is 1. The van der Waals surface area contributed by atoms with Crippen LogP contribution in [0.25, 0.3) is 6.08 Å². The predicted molar refractivity (Wildman–Crippen MR) is 73.4 cm³/mol. The lowest BCUT2D eigenvalue weighted by molar-refractivity contribution is -0.104. The minimum absolute atomic E-state index is 0.427. The van der Waals surface area contributed by atoms with E-state index in [9.17, 15) is 4.79 Å². The van der Waals surface area contributed by atoms with Crippen LogP contribution in [0.2, 0.25) is 5.02 Å². The number of nitrogens with one attached hydrogen (secondary N) is 1. The average Bonchev–Trinajstić information content (AvgIpc) is 2.39. The summed E-state index contributed by atoms with van der Waals surface area (Å²) in [5.41, 5.74) is 1.28. The molecular weight excluding hydrogens is 248 g/mol. The van der Waals surface area contributed by atoms with Gasteiger partial charge in [0.1, 0.15) is 5.82 Å². The highest BCUT2D eigenvalue weighted by molar-refractivity contribution is 6.30. The molecule has 0 atom stereocenters. The summed E-state index contributed by atoms with van der Waals surface area (Å²) < 4.78 is 0. The molecular formula is C14H11ClN2O. The van der Waals surface area contributed by atoms with Crippen molar-refractivity contribution in [3.8, 4) is 0 Å². The quantitative estimate of drug-likeness (QED) is 0.675. The second-order valence-electron chi connectivity index (χ2n) is 3.61. The Morgan fingerprint density at radius 1 is 1.22 bits per heavy atom. The Hall–Kier alpha value is -2.13. The number of pyridine rings is 1. The molecule has 1 aromatic heterocycles. The first-order valence-electron chi connectivity index (χ1n) is 5.38. The fraction of sp³-hybridized carbons (Fsp3) is 0. The van der Waals surface area contributed by atoms with Crippen LogP contribution in [0.15, 0.2) is 54.4 Å². The van der Waals surface area contributed by atoms with Crippen LogP contribution in [-0.4, -0.2) is 11.3 Å². The zero-order valence-electron chi connectivity index (χ0n) is 9.51. The molecule has 0 aliphatic carbocycles. The SMILES string of the molecule is O=C/C(=C\c1cccc(Cl)c1)Nc1ccccn1. The second-order valence-corrected chi connectivity index (χ2v) is 4.05. The number of allylic oxidation sites excluding steroid dienone is 1. The molecule has 2 rings (SSSR count). The summed E-state index contributed by atoms with van der Waals surface area (Å²) in [4.78, 5) is 15.1. The maximum Gasteiger partial charge on any atom is 0.166 e. The molecule has 1 heterocycles. The largest absolute Gasteiger partial charge is 0.338 e. The number of aromatic nitrogens is 1. The van der Waals surface area contributed by atoms with E-state index in [1.807, 2.05) is 24.3 Å². The molecule has 4 heteroatoms. The number of carbonyl (C=O) groups is 1. The first-order chi connectivity index (χ1) is 8.78. The van der Waals surface area contributed by atoms with Gasteiger partial charge in [0.2, 0.25) is 0 Å². The highest BCUT2D eigenvalue weighted by Gasteiger charge is 1.98. The summed E-state index contributed by atoms with van der Waals surface area (Å²) in [5.74, 6) is 0.623. The summed E-state index contributed by atoms with van der Waals surface area (Å²) in [6, 6.07) is 12.7. The van der Waals surface area contributed by atoms with Gasteiger partial charge in [-0.1, -0.05) is 29.8 Å². The maximum absolute atomic E-state index is 11.0. The van der Waals surface area contributed by atoms with Crippen LogP contribution in [0.1, 0.15) is 5.56 Å². The van der Waals surface area contributed by atoms with Gasteiger partial charge >= 0.3 is 0 Å². The van der Waals surface area contributed by atoms with Gasteiger partial charge in [0.05, 0.1) is 5.70 Å². The molecule has 0 fully saturated rings. The van der Waals surface area contributed by atoms with Crippen LogP contribution in [0.5, 0.6) is 0 Å². The van der Waals surface area contributed by atoms with E-state index in [0.717, 1.165) is 11.8 Å². The molecule has 1 N–H and O–H groups in total. The molecule has 0 radical (unpaired) electrons. The lowest BCUT2D eigenvalue weighted by Gasteiger charge is -2.04. The van der Waals surface area contributed by atoms with Gasteiger partial charge in [-0.05, 0) is 35.9 Å². The molecule has 0 bridgehead atoms. The molecule has 0 amide bonds. The molecule has 0 spiro atoms. The summed E-state index contributed by atoms with van der Waals surface area (Å²) in [6.45, 7) is 0. The average molecular weight is 259 g/mol. The first kappa shape index (κ1) is 12.3. The van der Waals surface area contributed by atoms with Crippen LogP contribution in [0.4, 0.5) is 5.82 Å². The Bertz CT molecular complexity index is 567. The smallest absolute Gasteiger partial charge is 0.166 e. The van der Waals surface area contributed by atoms with Crippen LogP contribution >= 0.6 is 11.6 Å². The lowest BCUT2D eigenvalue weighted by atomic mass is 10.2. The van der Waals surface area contributed by atoms with Crippen molar-refractivity contribution < 1.29 is 4.79 Å². The Morgan fingerprint density at radius 2 is 2.11 bits per heavy atom. The van der Waals surface area contributed by atoms with E-state index in [4.69, 9.17) is 11.6 Å². The molecule has 0 aliphatic heterocycles. The minimum atomic E-state index is 0.427. The van der Waals surface area contributed by atoms with Gasteiger partial charge in [-0.2, -0.15) is 0 Å². The number of carbonyl (C=O) groups excluding carboxylic acids is 1. The van der Waals surface area contributed by atoms with Crippen molar-refractivity contribution in [1.29, 1.82) is 0 Å². The molecule has 0 saturated heterocycles. The molecule has 90 valence electrons. The normalized spacial score (nSPS) is 11.1. The van der Waals surface area contributed by atoms with Crippen molar-refractivity contribution in [1.82, 2.24) is 4.98 Å². The number of rotatable bonds is 4. The van der Waals surface area contributed by atoms with E-state index < -0.39 is 0 Å². The number of aldehydes is 1. The van der Waals surface area contributed by atoms with Gasteiger partial charge in [0.15, 0.2) is 6.29 Å². The van der Waals surface area contributed by atoms with Crippen molar-refractivity contribution in [2.45, 2.75) is 0 Å². The lowest BCUT2D eigenvalue weighted by Crippen LogP contribution is -2.01. The standard InChI is InChI=1S/C14H11ClN2O/c15-12-5-3-4-11(8-12)9-13(10-18)17-14-6-1-2-7-16-14/h1-10H,(H,16,17)/b13-9+. The number of halogens is 1. The molecule has 3 nitrogen and oxygen atoms in total. The first-order valence-corrected chi connectivity index (χ1v) is 5.76. The zero-order valence-corrected chi connectivity index (χ0v) is 10.3. The molecule has 2 aromatic rings. The Balaban J connectivity index is 2.21.